The molecule has 3 aliphatic heterocycles. The summed E-state index contributed by atoms with van der Waals surface area (Å²) >= 11 is 0. The number of carbonyl (C=O) groups excluding carboxylic acids is 8. The minimum Gasteiger partial charge on any atom is -0.478 e. The van der Waals surface area contributed by atoms with Crippen molar-refractivity contribution in [1.82, 2.24) is 45.7 Å². The number of rotatable bonds is 17. The normalized spacial score (nSPS) is 14.5. The number of aromatic carboxylic acids is 1. The predicted molar refractivity (Wildman–Crippen MR) is 425 cm³/mol. The molecule has 0 saturated carbocycles. The van der Waals surface area contributed by atoms with Crippen molar-refractivity contribution in [2.75, 3.05) is 54.0 Å². The number of urea groups is 3. The fourth-order valence-electron chi connectivity index (χ4n) is 12.8. The zero-order valence-corrected chi connectivity index (χ0v) is 65.3. The van der Waals surface area contributed by atoms with Crippen LogP contribution in [0.1, 0.15) is 128 Å². The molecule has 3 aliphatic rings. The van der Waals surface area contributed by atoms with Crippen LogP contribution in [0.2, 0.25) is 0 Å². The molecule has 0 spiro atoms. The van der Waals surface area contributed by atoms with Crippen LogP contribution in [-0.4, -0.2) is 155 Å². The zero-order valence-electron chi connectivity index (χ0n) is 64.4. The van der Waals surface area contributed by atoms with Crippen molar-refractivity contribution in [1.29, 1.82) is 5.26 Å². The summed E-state index contributed by atoms with van der Waals surface area (Å²) in [6.07, 6.45) is -0.0376. The molecule has 12 rings (SSSR count). The van der Waals surface area contributed by atoms with Gasteiger partial charge in [0.05, 0.1) is 75.1 Å². The fraction of sp³-hybridized carbons (Fsp3) is 0.293. The smallest absolute Gasteiger partial charge is 0.407 e. The number of ether oxygens (including phenoxy) is 1. The molecule has 0 unspecified atom stereocenters. The van der Waals surface area contributed by atoms with Gasteiger partial charge >= 0.3 is 30.2 Å². The maximum absolute atomic E-state index is 14.7. The van der Waals surface area contributed by atoms with Gasteiger partial charge in [0.15, 0.2) is 11.4 Å². The van der Waals surface area contributed by atoms with E-state index in [2.05, 4.69) is 46.8 Å². The Morgan fingerprint density at radius 1 is 0.553 bits per heavy atom. The molecule has 3 saturated heterocycles. The van der Waals surface area contributed by atoms with E-state index in [1.54, 1.807) is 192 Å². The number of aromatic amines is 2. The summed E-state index contributed by atoms with van der Waals surface area (Å²) in [6.45, 7) is 35.6. The van der Waals surface area contributed by atoms with E-state index in [4.69, 9.17) is 28.7 Å². The van der Waals surface area contributed by atoms with Crippen LogP contribution < -0.4 is 42.2 Å². The average molecular weight is 1570 g/mol. The van der Waals surface area contributed by atoms with Crippen LogP contribution in [0, 0.1) is 56.9 Å². The first-order valence-corrected chi connectivity index (χ1v) is 35.4. The lowest BCUT2D eigenvalue weighted by Crippen LogP contribution is -2.47. The number of carbonyl (C=O) groups is 9. The lowest BCUT2D eigenvalue weighted by atomic mass is 10.0. The van der Waals surface area contributed by atoms with Gasteiger partial charge in [-0.3, -0.25) is 28.8 Å². The van der Waals surface area contributed by atoms with E-state index in [0.29, 0.717) is 102 Å². The number of aryl methyl sites for hydroxylation is 3. The number of benzene rings is 7. The molecule has 11 amide bonds. The Bertz CT molecular complexity index is 5600. The summed E-state index contributed by atoms with van der Waals surface area (Å²) in [4.78, 5) is 151. The predicted octanol–water partition coefficient (Wildman–Crippen LogP) is 12.3. The van der Waals surface area contributed by atoms with Gasteiger partial charge in [0, 0.05) is 62.9 Å². The quantitative estimate of drug-likeness (QED) is 0.0364. The Kier molecular flexibility index (Phi) is 26.6. The van der Waals surface area contributed by atoms with Crippen LogP contribution in [0.5, 0.6) is 0 Å². The summed E-state index contributed by atoms with van der Waals surface area (Å²) in [5.74, 6) is -4.57. The molecule has 3 fully saturated rings. The second-order valence-corrected chi connectivity index (χ2v) is 29.0. The number of hydrogen-bond acceptors (Lipinski definition) is 16. The lowest BCUT2D eigenvalue weighted by molar-refractivity contribution is -0.124. The van der Waals surface area contributed by atoms with Crippen molar-refractivity contribution in [3.05, 3.63) is 251 Å². The van der Waals surface area contributed by atoms with Crippen molar-refractivity contribution >= 4 is 116 Å². The first-order chi connectivity index (χ1) is 53.3. The number of H-pyrrole nitrogens is 2. The Balaban J connectivity index is 0.000000198. The van der Waals surface area contributed by atoms with Crippen molar-refractivity contribution in [3.63, 3.8) is 0 Å². The molecular formula is C82H83ClF2N16O13. The third kappa shape index (κ3) is 18.4. The van der Waals surface area contributed by atoms with Gasteiger partial charge in [0.2, 0.25) is 0 Å². The number of hydrogen-bond donors (Lipinski definition) is 6. The molecule has 7 N–H and O–H groups in total. The minimum atomic E-state index is -1.32. The van der Waals surface area contributed by atoms with Gasteiger partial charge in [-0.2, -0.15) is 15.5 Å². The highest BCUT2D eigenvalue weighted by molar-refractivity contribution is 6.25. The highest BCUT2D eigenvalue weighted by Gasteiger charge is 2.54. The second kappa shape index (κ2) is 35.2. The minimum absolute atomic E-state index is 0. The molecular weight excluding hydrogens is 1490 g/mol. The Labute approximate surface area is 660 Å². The topological polar surface area (TPSA) is 377 Å². The summed E-state index contributed by atoms with van der Waals surface area (Å²) < 4.78 is 33.3. The molecule has 0 atom stereocenters. The van der Waals surface area contributed by atoms with Crippen molar-refractivity contribution in [2.24, 2.45) is 5.73 Å². The van der Waals surface area contributed by atoms with Gasteiger partial charge in [0.25, 0.3) is 34.7 Å². The number of carboxylic acid groups (broad SMARTS) is 1. The van der Waals surface area contributed by atoms with Gasteiger partial charge in [-0.15, -0.1) is 12.4 Å². The van der Waals surface area contributed by atoms with Gasteiger partial charge in [-0.25, -0.2) is 67.3 Å². The number of alkyl carbamates (subject to hydrolysis) is 1. The first kappa shape index (κ1) is 86.0. The molecule has 590 valence electrons. The van der Waals surface area contributed by atoms with Crippen molar-refractivity contribution in [3.8, 4) is 6.07 Å². The maximum Gasteiger partial charge on any atom is 0.407 e. The standard InChI is InChI=1S/C31H27FN6O4.C20H26N4O4.C16H11FN2O3.C15H18N4O2.ClH/c1-18-14-21(10-9-20(18)17-33)38-29(41)31(2,3)37(30(38)42)13-12-34-27(39)24-15-19(8-11-25(24)32)16-26-22-6-4-5-7-23(22)28(40)36-35-26;1-13-12-14(8-9-15(13)21-7)24-16(25)20(5,6)23(18(24)27)11-10-22-17(26)28-19(2,3)4;17-13-6-5-9(7-12(13)16(21)22)8-14-10-3-1-2-4-11(10)15(20)19-18-14;1-10-9-11(5-6-12(10)17-4)19-13(20)15(2,3)18(8-7-16)14(19)21;/h4-11,14-15H,12-13,16H2,1-3H3,(H,34,39)(H,36,40);8-9,12H,10-11H2,1-6H3,(H,22,26);1-7H,8H2,(H,19,20)(H,21,22);5-6,9H,7-8,16H2,1-3H3;1H. The number of nitrogens with one attached hydrogen (secondary N) is 4. The second-order valence-electron chi connectivity index (χ2n) is 29.0. The first-order valence-electron chi connectivity index (χ1n) is 35.4. The molecule has 2 aromatic heterocycles. The van der Waals surface area contributed by atoms with Crippen LogP contribution >= 0.6 is 12.4 Å². The van der Waals surface area contributed by atoms with Crippen LogP contribution in [0.15, 0.2) is 149 Å². The summed E-state index contributed by atoms with van der Waals surface area (Å²) in [5, 5.41) is 38.8. The molecule has 9 aromatic rings. The number of nitrogens with zero attached hydrogens (tertiary/aromatic N) is 11. The maximum atomic E-state index is 14.7. The van der Waals surface area contributed by atoms with Crippen molar-refractivity contribution < 1.29 is 61.8 Å². The Hall–Kier alpha value is -13.6. The van der Waals surface area contributed by atoms with Crippen LogP contribution in [0.3, 0.4) is 0 Å². The van der Waals surface area contributed by atoms with E-state index in [0.717, 1.165) is 26.3 Å². The van der Waals surface area contributed by atoms with E-state index in [9.17, 15) is 66.8 Å². The van der Waals surface area contributed by atoms with Crippen LogP contribution in [-0.2, 0) is 32.0 Å². The molecule has 32 heteroatoms. The zero-order chi connectivity index (χ0) is 82.9. The molecule has 29 nitrogen and oxygen atoms in total. The SMILES string of the molecule is Cc1cc(N2C(=O)N(CCNC(=O)c3cc(Cc4n[nH]c(=O)c5ccccc45)ccc3F)C(C)(C)C2=O)ccc1C#N.Cl.O=C(O)c1cc(Cc2n[nH]c(=O)c3ccccc23)ccc1F.[C-]#[N+]c1ccc(N2C(=O)N(CCN)C(C)(C)C2=O)cc1C.[C-]#[N+]c1ccc(N2C(=O)N(CCNC(=O)OC(C)(C)C)C(C)(C)C2=O)cc1C. The van der Waals surface area contributed by atoms with Crippen LogP contribution in [0.25, 0.3) is 31.2 Å². The van der Waals surface area contributed by atoms with E-state index in [1.165, 1.54) is 39.0 Å². The number of nitrogens with two attached hydrogens (primary N) is 1. The highest BCUT2D eigenvalue weighted by Crippen LogP contribution is 2.37. The molecule has 0 aliphatic carbocycles. The number of fused-ring (bicyclic) bond motifs is 2. The largest absolute Gasteiger partial charge is 0.478 e. The molecule has 114 heavy (non-hydrogen) atoms. The third-order valence-corrected chi connectivity index (χ3v) is 19.0. The van der Waals surface area contributed by atoms with Gasteiger partial charge < -0.3 is 40.9 Å². The summed E-state index contributed by atoms with van der Waals surface area (Å²) in [5.41, 5.74) is 7.71. The van der Waals surface area contributed by atoms with E-state index in [-0.39, 0.29) is 91.5 Å². The van der Waals surface area contributed by atoms with Crippen molar-refractivity contribution in [2.45, 2.75) is 118 Å². The monoisotopic (exact) mass is 1570 g/mol. The summed E-state index contributed by atoms with van der Waals surface area (Å²) in [7, 11) is 0. The number of nitriles is 1. The van der Waals surface area contributed by atoms with Gasteiger partial charge in [-0.1, -0.05) is 60.7 Å². The Morgan fingerprint density at radius 2 is 0.930 bits per heavy atom. The Morgan fingerprint density at radius 3 is 1.31 bits per heavy atom. The number of imide groups is 3. The number of amides is 11. The highest BCUT2D eigenvalue weighted by atomic mass is 35.5. The molecule has 5 heterocycles. The fourth-order valence-corrected chi connectivity index (χ4v) is 12.8. The number of halogens is 3. The van der Waals surface area contributed by atoms with E-state index < -0.39 is 69.8 Å². The lowest BCUT2D eigenvalue weighted by Gasteiger charge is -2.28. The van der Waals surface area contributed by atoms with Crippen LogP contribution in [0.4, 0.5) is 56.4 Å². The van der Waals surface area contributed by atoms with E-state index in [1.807, 2.05) is 0 Å². The number of aromatic nitrogens is 4. The number of carboxylic acids is 1. The average Bonchev–Trinajstić information content (AvgIpc) is 1.61. The summed E-state index contributed by atoms with van der Waals surface area (Å²) in [6, 6.07) is 37.2. The third-order valence-electron chi connectivity index (χ3n) is 19.0. The van der Waals surface area contributed by atoms with Gasteiger partial charge in [-0.05, 0) is 190 Å². The van der Waals surface area contributed by atoms with E-state index >= 15 is 0 Å². The number of anilines is 3. The molecule has 0 radical (unpaired) electrons. The molecule has 7 aromatic carbocycles. The molecule has 0 bridgehead atoms. The van der Waals surface area contributed by atoms with Gasteiger partial charge in [0.1, 0.15) is 33.9 Å².